The van der Waals surface area contributed by atoms with Gasteiger partial charge in [0.1, 0.15) is 28.5 Å². The summed E-state index contributed by atoms with van der Waals surface area (Å²) in [6.07, 6.45) is 1.06. The van der Waals surface area contributed by atoms with E-state index in [4.69, 9.17) is 9.47 Å². The highest BCUT2D eigenvalue weighted by molar-refractivity contribution is 7.97. The molecular formula is C30H37O3S+. The van der Waals surface area contributed by atoms with E-state index in [1.165, 1.54) is 14.7 Å². The van der Waals surface area contributed by atoms with Crippen LogP contribution in [0.3, 0.4) is 0 Å². The van der Waals surface area contributed by atoms with Crippen molar-refractivity contribution in [3.05, 3.63) is 78.4 Å². The average molecular weight is 478 g/mol. The summed E-state index contributed by atoms with van der Waals surface area (Å²) in [5.41, 5.74) is 0.581. The van der Waals surface area contributed by atoms with Gasteiger partial charge in [0.05, 0.1) is 10.9 Å². The van der Waals surface area contributed by atoms with E-state index in [1.807, 2.05) is 31.2 Å². The molecule has 0 saturated carbocycles. The molecule has 4 heteroatoms. The Balaban J connectivity index is 1.96. The fourth-order valence-electron chi connectivity index (χ4n) is 3.50. The number of carbonyl (C=O) groups is 1. The largest absolute Gasteiger partial charge is 0.488 e. The van der Waals surface area contributed by atoms with E-state index >= 15 is 0 Å². The van der Waals surface area contributed by atoms with Gasteiger partial charge in [-0.1, -0.05) is 19.1 Å². The monoisotopic (exact) mass is 477 g/mol. The van der Waals surface area contributed by atoms with Gasteiger partial charge in [0, 0.05) is 12.8 Å². The van der Waals surface area contributed by atoms with Gasteiger partial charge in [-0.25, -0.2) is 0 Å². The van der Waals surface area contributed by atoms with Crippen LogP contribution in [0.5, 0.6) is 11.5 Å². The number of ether oxygens (including phenoxy) is 2. The lowest BCUT2D eigenvalue weighted by atomic mass is 10.1. The first-order valence-electron chi connectivity index (χ1n) is 11.9. The fraction of sp³-hybridized carbons (Fsp3) is 0.367. The molecule has 3 nitrogen and oxygen atoms in total. The van der Waals surface area contributed by atoms with Gasteiger partial charge in [0.25, 0.3) is 0 Å². The molecule has 0 saturated heterocycles. The normalized spacial score (nSPS) is 12.0. The van der Waals surface area contributed by atoms with Gasteiger partial charge in [0.15, 0.2) is 14.7 Å². The Labute approximate surface area is 207 Å². The molecule has 0 heterocycles. The lowest BCUT2D eigenvalue weighted by Crippen LogP contribution is -2.23. The molecular weight excluding hydrogens is 440 g/mol. The molecule has 0 unspecified atom stereocenters. The molecule has 0 aliphatic heterocycles. The van der Waals surface area contributed by atoms with Crippen molar-refractivity contribution < 1.29 is 14.3 Å². The molecule has 0 aliphatic carbocycles. The number of Topliss-reactive ketones (excluding diaryl/α,β-unsaturated/α-hetero) is 1. The van der Waals surface area contributed by atoms with Crippen molar-refractivity contribution in [1.29, 1.82) is 0 Å². The van der Waals surface area contributed by atoms with E-state index in [0.29, 0.717) is 12.8 Å². The minimum atomic E-state index is -0.296. The molecule has 0 radical (unpaired) electrons. The standard InChI is InChI=1S/C30H37O3S/c1-8-23(31)21-22-9-15-26(16-10-22)34(27-17-11-24(12-18-27)32-29(2,3)4)28-19-13-25(14-20-28)33-30(5,6)7/h9-20H,8,21H2,1-7H3/q+1. The highest BCUT2D eigenvalue weighted by Gasteiger charge is 2.29. The van der Waals surface area contributed by atoms with Gasteiger partial charge in [-0.15, -0.1) is 0 Å². The number of carbonyl (C=O) groups excluding carboxylic acids is 1. The van der Waals surface area contributed by atoms with Crippen LogP contribution >= 0.6 is 0 Å². The van der Waals surface area contributed by atoms with Crippen LogP contribution < -0.4 is 9.47 Å². The predicted octanol–water partition coefficient (Wildman–Crippen LogP) is 7.66. The number of hydrogen-bond donors (Lipinski definition) is 0. The van der Waals surface area contributed by atoms with E-state index in [2.05, 4.69) is 90.1 Å². The zero-order valence-corrected chi connectivity index (χ0v) is 22.3. The molecule has 3 rings (SSSR count). The second kappa shape index (κ2) is 10.7. The number of rotatable bonds is 8. The summed E-state index contributed by atoms with van der Waals surface area (Å²) in [4.78, 5) is 15.5. The molecule has 34 heavy (non-hydrogen) atoms. The number of ketones is 1. The molecule has 3 aromatic rings. The summed E-state index contributed by atoms with van der Waals surface area (Å²) in [7, 11) is -0.296. The smallest absolute Gasteiger partial charge is 0.166 e. The van der Waals surface area contributed by atoms with E-state index in [9.17, 15) is 4.79 Å². The summed E-state index contributed by atoms with van der Waals surface area (Å²) in [5, 5.41) is 0. The predicted molar refractivity (Wildman–Crippen MR) is 141 cm³/mol. The quantitative estimate of drug-likeness (QED) is 0.312. The van der Waals surface area contributed by atoms with Crippen molar-refractivity contribution in [1.82, 2.24) is 0 Å². The Morgan fingerprint density at radius 2 is 1.00 bits per heavy atom. The molecule has 180 valence electrons. The lowest BCUT2D eigenvalue weighted by Gasteiger charge is -2.21. The fourth-order valence-corrected chi connectivity index (χ4v) is 5.54. The van der Waals surface area contributed by atoms with E-state index < -0.39 is 0 Å². The van der Waals surface area contributed by atoms with Gasteiger partial charge < -0.3 is 9.47 Å². The van der Waals surface area contributed by atoms with Crippen LogP contribution in [-0.4, -0.2) is 17.0 Å². The van der Waals surface area contributed by atoms with Crippen molar-refractivity contribution in [2.75, 3.05) is 0 Å². The van der Waals surface area contributed by atoms with Crippen molar-refractivity contribution in [2.24, 2.45) is 0 Å². The van der Waals surface area contributed by atoms with Gasteiger partial charge in [-0.05, 0) is 108 Å². The maximum Gasteiger partial charge on any atom is 0.166 e. The average Bonchev–Trinajstić information content (AvgIpc) is 2.75. The highest BCUT2D eigenvalue weighted by atomic mass is 32.2. The molecule has 0 aliphatic rings. The van der Waals surface area contributed by atoms with Crippen molar-refractivity contribution in [2.45, 2.75) is 87.2 Å². The highest BCUT2D eigenvalue weighted by Crippen LogP contribution is 2.34. The van der Waals surface area contributed by atoms with Crippen LogP contribution in [0.15, 0.2) is 87.5 Å². The summed E-state index contributed by atoms with van der Waals surface area (Å²) in [5.74, 6) is 1.99. The van der Waals surface area contributed by atoms with Gasteiger partial charge >= 0.3 is 0 Å². The molecule has 0 amide bonds. The first-order chi connectivity index (χ1) is 15.9. The van der Waals surface area contributed by atoms with E-state index in [0.717, 1.165) is 17.1 Å². The Morgan fingerprint density at radius 1 is 0.647 bits per heavy atom. The summed E-state index contributed by atoms with van der Waals surface area (Å²) in [6, 6.07) is 25.3. The van der Waals surface area contributed by atoms with E-state index in [1.54, 1.807) is 0 Å². The maximum atomic E-state index is 11.9. The summed E-state index contributed by atoms with van der Waals surface area (Å²) >= 11 is 0. The first-order valence-corrected chi connectivity index (χ1v) is 13.1. The van der Waals surface area contributed by atoms with Crippen LogP contribution in [0.25, 0.3) is 0 Å². The van der Waals surface area contributed by atoms with Crippen LogP contribution in [0.1, 0.15) is 60.5 Å². The SMILES string of the molecule is CCC(=O)Cc1ccc([S+](c2ccc(OC(C)(C)C)cc2)c2ccc(OC(C)(C)C)cc2)cc1. The van der Waals surface area contributed by atoms with E-state index in [-0.39, 0.29) is 27.9 Å². The summed E-state index contributed by atoms with van der Waals surface area (Å²) < 4.78 is 12.1. The Bertz CT molecular complexity index is 1010. The lowest BCUT2D eigenvalue weighted by molar-refractivity contribution is -0.118. The second-order valence-electron chi connectivity index (χ2n) is 10.4. The molecule has 0 N–H and O–H groups in total. The van der Waals surface area contributed by atoms with Crippen molar-refractivity contribution >= 4 is 16.7 Å². The Kier molecular flexibility index (Phi) is 8.14. The Morgan fingerprint density at radius 3 is 1.32 bits per heavy atom. The zero-order chi connectivity index (χ0) is 24.9. The van der Waals surface area contributed by atoms with Gasteiger partial charge in [-0.2, -0.15) is 0 Å². The van der Waals surface area contributed by atoms with Gasteiger partial charge in [-0.3, -0.25) is 4.79 Å². The van der Waals surface area contributed by atoms with Crippen LogP contribution in [0.4, 0.5) is 0 Å². The van der Waals surface area contributed by atoms with Crippen LogP contribution in [-0.2, 0) is 22.1 Å². The molecule has 0 fully saturated rings. The van der Waals surface area contributed by atoms with Crippen LogP contribution in [0.2, 0.25) is 0 Å². The van der Waals surface area contributed by atoms with Gasteiger partial charge in [0.2, 0.25) is 0 Å². The topological polar surface area (TPSA) is 35.5 Å². The number of benzene rings is 3. The number of hydrogen-bond acceptors (Lipinski definition) is 3. The zero-order valence-electron chi connectivity index (χ0n) is 21.5. The molecule has 0 aromatic heterocycles. The summed E-state index contributed by atoms with van der Waals surface area (Å²) in [6.45, 7) is 14.2. The molecule has 0 bridgehead atoms. The molecule has 0 atom stereocenters. The third-order valence-electron chi connectivity index (χ3n) is 4.92. The minimum absolute atomic E-state index is 0.238. The molecule has 3 aromatic carbocycles. The maximum absolute atomic E-state index is 11.9. The van der Waals surface area contributed by atoms with Crippen LogP contribution in [0, 0.1) is 0 Å². The molecule has 0 spiro atoms. The van der Waals surface area contributed by atoms with Crippen molar-refractivity contribution in [3.8, 4) is 11.5 Å². The Hall–Kier alpha value is -2.72. The minimum Gasteiger partial charge on any atom is -0.488 e. The third-order valence-corrected chi connectivity index (χ3v) is 7.15. The first kappa shape index (κ1) is 25.9. The third kappa shape index (κ3) is 7.66. The second-order valence-corrected chi connectivity index (χ2v) is 12.4. The van der Waals surface area contributed by atoms with Crippen molar-refractivity contribution in [3.63, 3.8) is 0 Å².